The Morgan fingerprint density at radius 2 is 1.22 bits per heavy atom. The molecule has 1 aliphatic heterocycles. The molecule has 19 nitrogen and oxygen atoms in total. The van der Waals surface area contributed by atoms with Crippen molar-refractivity contribution >= 4 is 33.4 Å². The topological polar surface area (TPSA) is 286 Å². The zero-order chi connectivity index (χ0) is 53.0. The van der Waals surface area contributed by atoms with E-state index in [0.29, 0.717) is 19.3 Å². The second kappa shape index (κ2) is 38.3. The number of unbranched alkanes of at least 4 members (excludes halogenated alkanes) is 14. The van der Waals surface area contributed by atoms with Crippen LogP contribution < -0.4 is 11.4 Å². The highest BCUT2D eigenvalue weighted by Crippen LogP contribution is 2.60. The number of phosphoric ester groups is 2. The number of ether oxygens (including phenoxy) is 3. The minimum atomic E-state index is -5.44. The van der Waals surface area contributed by atoms with Gasteiger partial charge < -0.3 is 45.1 Å². The Bertz CT molecular complexity index is 1930. The Morgan fingerprint density at radius 3 is 1.78 bits per heavy atom. The first-order chi connectivity index (χ1) is 34.4. The van der Waals surface area contributed by atoms with Gasteiger partial charge in [0, 0.05) is 19.0 Å². The van der Waals surface area contributed by atoms with Crippen LogP contribution in [0.15, 0.2) is 65.7 Å². The highest BCUT2D eigenvalue weighted by Gasteiger charge is 2.46. The third kappa shape index (κ3) is 32.1. The summed E-state index contributed by atoms with van der Waals surface area (Å²) in [7, 11) is -10.9. The smallest absolute Gasteiger partial charge is 0.462 e. The van der Waals surface area contributed by atoms with E-state index in [0.717, 1.165) is 80.9 Å². The molecule has 0 amide bonds. The van der Waals surface area contributed by atoms with Crippen molar-refractivity contribution in [2.75, 3.05) is 25.6 Å². The summed E-state index contributed by atoms with van der Waals surface area (Å²) in [5.41, 5.74) is 4.58. The molecule has 72 heavy (non-hydrogen) atoms. The van der Waals surface area contributed by atoms with Crippen molar-refractivity contribution in [3.05, 3.63) is 71.4 Å². The van der Waals surface area contributed by atoms with E-state index in [9.17, 15) is 48.6 Å². The van der Waals surface area contributed by atoms with Crippen LogP contribution >= 0.6 is 15.6 Å². The van der Waals surface area contributed by atoms with Crippen molar-refractivity contribution in [2.45, 2.75) is 212 Å². The Hall–Kier alpha value is -3.32. The third-order valence-electron chi connectivity index (χ3n) is 11.6. The van der Waals surface area contributed by atoms with Crippen LogP contribution in [0.4, 0.5) is 5.82 Å². The lowest BCUT2D eigenvalue weighted by Crippen LogP contribution is -2.36. The molecule has 1 saturated heterocycles. The number of aliphatic hydroxyl groups excluding tert-OH is 3. The van der Waals surface area contributed by atoms with Gasteiger partial charge in [-0.2, -0.15) is 9.29 Å². The van der Waals surface area contributed by atoms with Gasteiger partial charge in [-0.05, 0) is 76.7 Å². The van der Waals surface area contributed by atoms with E-state index >= 15 is 0 Å². The molecule has 0 saturated carbocycles. The highest BCUT2D eigenvalue weighted by atomic mass is 31.3. The van der Waals surface area contributed by atoms with Crippen molar-refractivity contribution in [1.29, 1.82) is 0 Å². The first-order valence-corrected chi connectivity index (χ1v) is 29.0. The number of hydrogen-bond acceptors (Lipinski definition) is 16. The van der Waals surface area contributed by atoms with Crippen molar-refractivity contribution in [1.82, 2.24) is 9.55 Å². The van der Waals surface area contributed by atoms with Crippen LogP contribution in [0.25, 0.3) is 0 Å². The normalized spacial score (nSPS) is 20.0. The zero-order valence-electron chi connectivity index (χ0n) is 43.0. The molecule has 1 fully saturated rings. The standard InChI is InChI=1S/C51H87N3O16P2/c1-41(2)32-28-24-20-16-12-8-7-11-15-19-23-27-31-35-47(57)68-43(38-65-46(56)34-30-26-22-18-14-10-6-4-5-9-13-17-21-25-29-33-42(3)55)39-66-71(61,62)70-72(63,64)67-40-44-48(58)49(59)50(69-44)54-37-36-45(52)53-51(54)60/h5-6,9-10,17-18,21-22,36-37,41-44,48-50,55,58-59H,4,7-8,11-16,19-20,23-35,38-40H2,1-3H3,(H,61,62)(H,63,64)(H2,52,53,60)/b9-5-,10-6-,21-17-,22-18-/t42-,43-,44-,48-,49-,50-/m1/s1. The summed E-state index contributed by atoms with van der Waals surface area (Å²) in [5, 5.41) is 30.2. The fraction of sp³-hybridized carbons (Fsp3) is 0.725. The Labute approximate surface area is 427 Å². The summed E-state index contributed by atoms with van der Waals surface area (Å²) < 4.78 is 56.7. The fourth-order valence-electron chi connectivity index (χ4n) is 7.57. The van der Waals surface area contributed by atoms with E-state index in [-0.39, 0.29) is 24.8 Å². The Morgan fingerprint density at radius 1 is 0.708 bits per heavy atom. The number of nitrogens with zero attached hydrogens (tertiary/aromatic N) is 2. The van der Waals surface area contributed by atoms with Gasteiger partial charge in [0.05, 0.1) is 19.3 Å². The van der Waals surface area contributed by atoms with E-state index < -0.39 is 83.7 Å². The van der Waals surface area contributed by atoms with Gasteiger partial charge >= 0.3 is 33.3 Å². The van der Waals surface area contributed by atoms with Crippen LogP contribution in [0, 0.1) is 5.92 Å². The van der Waals surface area contributed by atoms with Crippen LogP contribution in [-0.4, -0.2) is 96.9 Å². The van der Waals surface area contributed by atoms with Gasteiger partial charge in [-0.3, -0.25) is 23.2 Å². The number of carbonyl (C=O) groups excluding carboxylic acids is 2. The number of hydrogen-bond donors (Lipinski definition) is 6. The molecule has 0 aliphatic carbocycles. The first-order valence-electron chi connectivity index (χ1n) is 26.0. The van der Waals surface area contributed by atoms with Crippen LogP contribution in [0.5, 0.6) is 0 Å². The van der Waals surface area contributed by atoms with Gasteiger partial charge in [0.25, 0.3) is 0 Å². The number of carbonyl (C=O) groups is 2. The van der Waals surface area contributed by atoms with Crippen LogP contribution in [-0.2, 0) is 46.3 Å². The highest BCUT2D eigenvalue weighted by molar-refractivity contribution is 7.61. The van der Waals surface area contributed by atoms with Crippen LogP contribution in [0.3, 0.4) is 0 Å². The second-order valence-corrected chi connectivity index (χ2v) is 21.8. The minimum absolute atomic E-state index is 0.0331. The quantitative estimate of drug-likeness (QED) is 0.0154. The van der Waals surface area contributed by atoms with E-state index in [1.54, 1.807) is 6.92 Å². The number of rotatable bonds is 42. The van der Waals surface area contributed by atoms with E-state index in [1.165, 1.54) is 63.9 Å². The molecule has 1 aliphatic rings. The summed E-state index contributed by atoms with van der Waals surface area (Å²) in [6.07, 6.45) is 31.9. The number of esters is 2. The summed E-state index contributed by atoms with van der Waals surface area (Å²) in [4.78, 5) is 61.9. The van der Waals surface area contributed by atoms with Crippen LogP contribution in [0.2, 0.25) is 0 Å². The maximum atomic E-state index is 12.9. The lowest BCUT2D eigenvalue weighted by Gasteiger charge is -2.21. The third-order valence-corrected chi connectivity index (χ3v) is 14.2. The lowest BCUT2D eigenvalue weighted by molar-refractivity contribution is -0.161. The zero-order valence-corrected chi connectivity index (χ0v) is 44.8. The molecule has 0 radical (unpaired) electrons. The van der Waals surface area contributed by atoms with E-state index in [1.807, 2.05) is 12.2 Å². The molecule has 1 aromatic heterocycles. The number of aliphatic hydroxyl groups is 3. The first kappa shape index (κ1) is 64.8. The van der Waals surface area contributed by atoms with Crippen molar-refractivity contribution in [2.24, 2.45) is 5.92 Å². The number of phosphoric acid groups is 2. The van der Waals surface area contributed by atoms with Gasteiger partial charge in [0.15, 0.2) is 12.3 Å². The molecule has 0 aromatic carbocycles. The molecule has 2 heterocycles. The number of aromatic nitrogens is 2. The minimum Gasteiger partial charge on any atom is -0.462 e. The monoisotopic (exact) mass is 1060 g/mol. The van der Waals surface area contributed by atoms with E-state index in [4.69, 9.17) is 29.0 Å². The predicted molar refractivity (Wildman–Crippen MR) is 276 cm³/mol. The molecular formula is C51H87N3O16P2. The number of allylic oxidation sites excluding steroid dienone is 8. The average molecular weight is 1060 g/mol. The van der Waals surface area contributed by atoms with Gasteiger partial charge in [0.2, 0.25) is 0 Å². The van der Waals surface area contributed by atoms with Crippen molar-refractivity contribution in [3.8, 4) is 0 Å². The summed E-state index contributed by atoms with van der Waals surface area (Å²) in [6.45, 7) is 3.97. The van der Waals surface area contributed by atoms with Crippen molar-refractivity contribution < 1.29 is 71.4 Å². The number of nitrogen functional groups attached to an aromatic ring is 1. The van der Waals surface area contributed by atoms with E-state index in [2.05, 4.69) is 59.6 Å². The van der Waals surface area contributed by atoms with Gasteiger partial charge in [-0.15, -0.1) is 0 Å². The second-order valence-electron chi connectivity index (χ2n) is 18.8. The molecule has 2 rings (SSSR count). The summed E-state index contributed by atoms with van der Waals surface area (Å²) in [6, 6.07) is 1.24. The average Bonchev–Trinajstić information content (AvgIpc) is 3.59. The molecule has 7 N–H and O–H groups in total. The molecule has 1 aromatic rings. The number of nitrogens with two attached hydrogens (primary N) is 1. The van der Waals surface area contributed by atoms with Gasteiger partial charge in [-0.1, -0.05) is 146 Å². The molecule has 21 heteroatoms. The Kier molecular flexibility index (Phi) is 34.4. The van der Waals surface area contributed by atoms with Gasteiger partial charge in [-0.25, -0.2) is 13.9 Å². The number of anilines is 1. The Balaban J connectivity index is 1.81. The SMILES string of the molecule is CC(C)CCCCCCCCCCCCCCCC(=O)O[C@H](COC(=O)CCC/C=C\C/C=C\C/C=C\C/C=C\CCC[C@@H](C)O)COP(=O)(O)OP(=O)(O)OC[C@H]1O[C@@H](n2ccc(N)nc2=O)[C@H](O)[C@@H]1O. The molecule has 8 atom stereocenters. The molecular weight excluding hydrogens is 973 g/mol. The summed E-state index contributed by atoms with van der Waals surface area (Å²) in [5.74, 6) is -0.602. The molecule has 0 bridgehead atoms. The summed E-state index contributed by atoms with van der Waals surface area (Å²) >= 11 is 0. The van der Waals surface area contributed by atoms with Crippen molar-refractivity contribution in [3.63, 3.8) is 0 Å². The lowest BCUT2D eigenvalue weighted by atomic mass is 10.0. The molecule has 0 spiro atoms. The fourth-order valence-corrected chi connectivity index (χ4v) is 9.68. The van der Waals surface area contributed by atoms with Gasteiger partial charge in [0.1, 0.15) is 30.7 Å². The molecule has 2 unspecified atom stereocenters. The maximum absolute atomic E-state index is 12.9. The predicted octanol–water partition coefficient (Wildman–Crippen LogP) is 9.77. The maximum Gasteiger partial charge on any atom is 0.481 e. The molecule has 412 valence electrons. The largest absolute Gasteiger partial charge is 0.481 e. The van der Waals surface area contributed by atoms with Crippen LogP contribution in [0.1, 0.15) is 181 Å².